The van der Waals surface area contributed by atoms with E-state index in [2.05, 4.69) is 45.9 Å². The molecule has 1 aliphatic heterocycles. The highest BCUT2D eigenvalue weighted by atomic mass is 16.5. The van der Waals surface area contributed by atoms with Crippen LogP contribution in [0.25, 0.3) is 0 Å². The molecule has 1 atom stereocenters. The van der Waals surface area contributed by atoms with E-state index < -0.39 is 0 Å². The molecule has 15 heavy (non-hydrogen) atoms. The predicted octanol–water partition coefficient (Wildman–Crippen LogP) is 4.37. The van der Waals surface area contributed by atoms with Crippen LogP contribution in [0.2, 0.25) is 0 Å². The van der Waals surface area contributed by atoms with E-state index >= 15 is 0 Å². The summed E-state index contributed by atoms with van der Waals surface area (Å²) in [5, 5.41) is 0. The van der Waals surface area contributed by atoms with Gasteiger partial charge in [-0.3, -0.25) is 0 Å². The van der Waals surface area contributed by atoms with Gasteiger partial charge < -0.3 is 4.74 Å². The molecule has 0 aliphatic carbocycles. The molecule has 0 aromatic rings. The largest absolute Gasteiger partial charge is 0.488 e. The van der Waals surface area contributed by atoms with Gasteiger partial charge in [-0.05, 0) is 59.1 Å². The standard InChI is InChI=1S/C14H22O/c1-11(2)7-6-9-14(5)10-8-12(3)13(4)15-14/h7-8,10H,6,9H2,1-5H3. The maximum absolute atomic E-state index is 5.93. The highest BCUT2D eigenvalue weighted by molar-refractivity contribution is 5.26. The minimum absolute atomic E-state index is 0.116. The lowest BCUT2D eigenvalue weighted by molar-refractivity contribution is 0.0502. The second-order valence-electron chi connectivity index (χ2n) is 4.81. The maximum Gasteiger partial charge on any atom is 0.124 e. The van der Waals surface area contributed by atoms with Gasteiger partial charge in [-0.1, -0.05) is 17.7 Å². The SMILES string of the molecule is CC(C)=CCCC1(C)C=CC(C)=C(C)O1. The molecule has 1 heterocycles. The van der Waals surface area contributed by atoms with Crippen LogP contribution in [-0.4, -0.2) is 5.60 Å². The molecule has 0 aromatic carbocycles. The summed E-state index contributed by atoms with van der Waals surface area (Å²) in [6.07, 6.45) is 8.73. The van der Waals surface area contributed by atoms with Crippen molar-refractivity contribution >= 4 is 0 Å². The molecule has 0 spiro atoms. The summed E-state index contributed by atoms with van der Waals surface area (Å²) in [4.78, 5) is 0. The first-order chi connectivity index (χ1) is 6.93. The Kier molecular flexibility index (Phi) is 3.78. The van der Waals surface area contributed by atoms with Crippen molar-refractivity contribution in [2.75, 3.05) is 0 Å². The third-order valence-corrected chi connectivity index (χ3v) is 2.82. The second kappa shape index (κ2) is 4.69. The third kappa shape index (κ3) is 3.58. The molecule has 0 saturated carbocycles. The van der Waals surface area contributed by atoms with Crippen LogP contribution in [0.5, 0.6) is 0 Å². The summed E-state index contributed by atoms with van der Waals surface area (Å²) >= 11 is 0. The summed E-state index contributed by atoms with van der Waals surface area (Å²) in [6, 6.07) is 0. The van der Waals surface area contributed by atoms with Gasteiger partial charge in [0.25, 0.3) is 0 Å². The minimum atomic E-state index is -0.116. The molecular formula is C14H22O. The number of allylic oxidation sites excluding steroid dienone is 5. The topological polar surface area (TPSA) is 9.23 Å². The molecule has 1 heteroatoms. The Morgan fingerprint density at radius 1 is 1.40 bits per heavy atom. The van der Waals surface area contributed by atoms with E-state index in [1.807, 2.05) is 6.92 Å². The summed E-state index contributed by atoms with van der Waals surface area (Å²) in [5.74, 6) is 1.05. The average Bonchev–Trinajstić information content (AvgIpc) is 2.11. The summed E-state index contributed by atoms with van der Waals surface area (Å²) in [6.45, 7) is 10.5. The fraction of sp³-hybridized carbons (Fsp3) is 0.571. The highest BCUT2D eigenvalue weighted by Crippen LogP contribution is 2.29. The van der Waals surface area contributed by atoms with Gasteiger partial charge >= 0.3 is 0 Å². The van der Waals surface area contributed by atoms with Crippen molar-refractivity contribution in [3.8, 4) is 0 Å². The molecule has 0 saturated heterocycles. The monoisotopic (exact) mass is 206 g/mol. The molecule has 0 bridgehead atoms. The second-order valence-corrected chi connectivity index (χ2v) is 4.81. The summed E-state index contributed by atoms with van der Waals surface area (Å²) in [5.41, 5.74) is 2.49. The zero-order chi connectivity index (χ0) is 11.5. The number of hydrogen-bond donors (Lipinski definition) is 0. The van der Waals surface area contributed by atoms with Gasteiger partial charge in [-0.15, -0.1) is 0 Å². The molecule has 0 fully saturated rings. The Hall–Kier alpha value is -0.980. The van der Waals surface area contributed by atoms with Gasteiger partial charge in [0.2, 0.25) is 0 Å². The van der Waals surface area contributed by atoms with Crippen LogP contribution in [0.15, 0.2) is 35.1 Å². The van der Waals surface area contributed by atoms with Crippen molar-refractivity contribution in [2.24, 2.45) is 0 Å². The van der Waals surface area contributed by atoms with E-state index in [9.17, 15) is 0 Å². The van der Waals surface area contributed by atoms with E-state index in [1.165, 1.54) is 11.1 Å². The van der Waals surface area contributed by atoms with Gasteiger partial charge in [0.05, 0.1) is 5.76 Å². The molecule has 1 unspecified atom stereocenters. The number of rotatable bonds is 3. The maximum atomic E-state index is 5.93. The minimum Gasteiger partial charge on any atom is -0.488 e. The average molecular weight is 206 g/mol. The Bertz CT molecular complexity index is 316. The number of ether oxygens (including phenoxy) is 1. The van der Waals surface area contributed by atoms with Crippen molar-refractivity contribution < 1.29 is 4.74 Å². The van der Waals surface area contributed by atoms with Gasteiger partial charge in [-0.2, -0.15) is 0 Å². The van der Waals surface area contributed by atoms with Crippen molar-refractivity contribution in [3.05, 3.63) is 35.1 Å². The van der Waals surface area contributed by atoms with Crippen molar-refractivity contribution in [2.45, 2.75) is 53.1 Å². The highest BCUT2D eigenvalue weighted by Gasteiger charge is 2.25. The third-order valence-electron chi connectivity index (χ3n) is 2.82. The molecule has 84 valence electrons. The van der Waals surface area contributed by atoms with Gasteiger partial charge in [0.15, 0.2) is 0 Å². The van der Waals surface area contributed by atoms with Crippen LogP contribution in [0.3, 0.4) is 0 Å². The molecule has 1 nitrogen and oxygen atoms in total. The lowest BCUT2D eigenvalue weighted by Gasteiger charge is -2.31. The Morgan fingerprint density at radius 3 is 2.60 bits per heavy atom. The molecule has 0 radical (unpaired) electrons. The lowest BCUT2D eigenvalue weighted by atomic mass is 9.95. The Morgan fingerprint density at radius 2 is 2.07 bits per heavy atom. The van der Waals surface area contributed by atoms with Crippen LogP contribution in [-0.2, 0) is 4.74 Å². The molecule has 1 rings (SSSR count). The van der Waals surface area contributed by atoms with E-state index in [-0.39, 0.29) is 5.60 Å². The first-order valence-corrected chi connectivity index (χ1v) is 5.62. The van der Waals surface area contributed by atoms with Crippen LogP contribution in [0.4, 0.5) is 0 Å². The van der Waals surface area contributed by atoms with Gasteiger partial charge in [-0.25, -0.2) is 0 Å². The predicted molar refractivity (Wildman–Crippen MR) is 65.7 cm³/mol. The molecule has 0 aromatic heterocycles. The normalized spacial score (nSPS) is 25.1. The van der Waals surface area contributed by atoms with Crippen LogP contribution < -0.4 is 0 Å². The van der Waals surface area contributed by atoms with Gasteiger partial charge in [0.1, 0.15) is 5.60 Å². The smallest absolute Gasteiger partial charge is 0.124 e. The molecule has 0 N–H and O–H groups in total. The lowest BCUT2D eigenvalue weighted by Crippen LogP contribution is -2.27. The van der Waals surface area contributed by atoms with Crippen LogP contribution in [0.1, 0.15) is 47.5 Å². The Balaban J connectivity index is 2.57. The van der Waals surface area contributed by atoms with Crippen molar-refractivity contribution in [1.82, 2.24) is 0 Å². The Labute approximate surface area is 93.5 Å². The quantitative estimate of drug-likeness (QED) is 0.623. The summed E-state index contributed by atoms with van der Waals surface area (Å²) in [7, 11) is 0. The first-order valence-electron chi connectivity index (χ1n) is 5.62. The summed E-state index contributed by atoms with van der Waals surface area (Å²) < 4.78 is 5.93. The van der Waals surface area contributed by atoms with Crippen molar-refractivity contribution in [1.29, 1.82) is 0 Å². The first kappa shape index (κ1) is 12.1. The number of hydrogen-bond acceptors (Lipinski definition) is 1. The zero-order valence-corrected chi connectivity index (χ0v) is 10.6. The van der Waals surface area contributed by atoms with Crippen LogP contribution >= 0.6 is 0 Å². The van der Waals surface area contributed by atoms with Gasteiger partial charge in [0, 0.05) is 0 Å². The van der Waals surface area contributed by atoms with E-state index in [1.54, 1.807) is 0 Å². The van der Waals surface area contributed by atoms with E-state index in [0.29, 0.717) is 0 Å². The fourth-order valence-electron chi connectivity index (χ4n) is 1.66. The van der Waals surface area contributed by atoms with E-state index in [0.717, 1.165) is 18.6 Å². The van der Waals surface area contributed by atoms with E-state index in [4.69, 9.17) is 4.74 Å². The molecular weight excluding hydrogens is 184 g/mol. The van der Waals surface area contributed by atoms with Crippen LogP contribution in [0, 0.1) is 0 Å². The molecule has 1 aliphatic rings. The van der Waals surface area contributed by atoms with Crippen molar-refractivity contribution in [3.63, 3.8) is 0 Å². The zero-order valence-electron chi connectivity index (χ0n) is 10.6. The molecule has 0 amide bonds. The fourth-order valence-corrected chi connectivity index (χ4v) is 1.66.